The lowest BCUT2D eigenvalue weighted by molar-refractivity contribution is -0.0874. The van der Waals surface area contributed by atoms with Gasteiger partial charge in [0.25, 0.3) is 11.5 Å². The van der Waals surface area contributed by atoms with Crippen LogP contribution in [-0.4, -0.2) is 50.6 Å². The molecule has 2 aromatic heterocycles. The Morgan fingerprint density at radius 3 is 2.53 bits per heavy atom. The number of pyridine rings is 1. The highest BCUT2D eigenvalue weighted by atomic mass is 19.3. The third-order valence-corrected chi connectivity index (χ3v) is 9.46. The van der Waals surface area contributed by atoms with Gasteiger partial charge in [-0.25, -0.2) is 29.0 Å². The number of rotatable bonds is 1. The molecule has 238 valence electrons. The molecule has 5 heterocycles. The number of nitrogens with two attached hydrogens (primary N) is 2. The number of benzene rings is 1. The number of aryl methyl sites for hydroxylation is 1. The van der Waals surface area contributed by atoms with Crippen LogP contribution in [0, 0.1) is 23.1 Å². The number of halogens is 3. The molecular formula is C32H38F3N9O. The minimum atomic E-state index is -3.37. The van der Waals surface area contributed by atoms with Gasteiger partial charge in [0.15, 0.2) is 0 Å². The molecule has 3 aromatic rings. The van der Waals surface area contributed by atoms with Crippen LogP contribution >= 0.6 is 0 Å². The van der Waals surface area contributed by atoms with Crippen molar-refractivity contribution in [2.75, 3.05) is 31.5 Å². The van der Waals surface area contributed by atoms with Crippen molar-refractivity contribution in [1.29, 1.82) is 5.26 Å². The van der Waals surface area contributed by atoms with Crippen LogP contribution < -0.4 is 22.5 Å². The summed E-state index contributed by atoms with van der Waals surface area (Å²) in [5.74, 6) is 1.15. The maximum atomic E-state index is 16.0. The first kappa shape index (κ1) is 30.9. The van der Waals surface area contributed by atoms with Gasteiger partial charge in [-0.2, -0.15) is 5.26 Å². The Balaban J connectivity index is 1.44. The summed E-state index contributed by atoms with van der Waals surface area (Å²) < 4.78 is 49.3. The second-order valence-electron chi connectivity index (χ2n) is 12.6. The molecule has 7 rings (SSSR count). The van der Waals surface area contributed by atoms with Crippen molar-refractivity contribution in [1.82, 2.24) is 24.4 Å². The summed E-state index contributed by atoms with van der Waals surface area (Å²) in [6.07, 6.45) is 5.73. The lowest BCUT2D eigenvalue weighted by Crippen LogP contribution is -2.41. The van der Waals surface area contributed by atoms with E-state index in [1.807, 2.05) is 4.90 Å². The molecule has 1 saturated carbocycles. The number of hydrogen-bond acceptors (Lipinski definition) is 9. The molecule has 13 heteroatoms. The third kappa shape index (κ3) is 5.84. The molecule has 10 nitrogen and oxygen atoms in total. The molecule has 0 unspecified atom stereocenters. The zero-order valence-corrected chi connectivity index (χ0v) is 25.3. The number of nitriles is 1. The van der Waals surface area contributed by atoms with Crippen LogP contribution in [0.1, 0.15) is 68.2 Å². The minimum Gasteiger partial charge on any atom is -0.400 e. The van der Waals surface area contributed by atoms with Crippen LogP contribution in [0.15, 0.2) is 47.3 Å². The van der Waals surface area contributed by atoms with Gasteiger partial charge in [0.1, 0.15) is 23.6 Å². The highest BCUT2D eigenvalue weighted by Gasteiger charge is 2.48. The number of aromatic nitrogens is 3. The number of piperidine rings is 1. The van der Waals surface area contributed by atoms with Gasteiger partial charge in [-0.15, -0.1) is 0 Å². The van der Waals surface area contributed by atoms with Gasteiger partial charge in [-0.3, -0.25) is 14.3 Å². The molecule has 45 heavy (non-hydrogen) atoms. The Morgan fingerprint density at radius 1 is 1.09 bits per heavy atom. The first-order chi connectivity index (χ1) is 21.5. The van der Waals surface area contributed by atoms with Gasteiger partial charge in [0.2, 0.25) is 0 Å². The number of hydrazine groups is 1. The van der Waals surface area contributed by atoms with E-state index >= 15 is 13.2 Å². The fourth-order valence-electron chi connectivity index (χ4n) is 6.65. The number of nitrogens with one attached hydrogen (secondary N) is 1. The highest BCUT2D eigenvalue weighted by Crippen LogP contribution is 2.47. The number of fused-ring (bicyclic) bond motifs is 9. The zero-order valence-electron chi connectivity index (χ0n) is 25.3. The van der Waals surface area contributed by atoms with Crippen LogP contribution in [0.3, 0.4) is 0 Å². The van der Waals surface area contributed by atoms with Gasteiger partial charge in [-0.05, 0) is 64.6 Å². The number of anilines is 1. The van der Waals surface area contributed by atoms with Gasteiger partial charge in [-0.1, -0.05) is 18.2 Å². The largest absolute Gasteiger partial charge is 0.400 e. The van der Waals surface area contributed by atoms with Gasteiger partial charge in [0.05, 0.1) is 28.5 Å². The molecule has 0 radical (unpaired) electrons. The Labute approximate surface area is 259 Å². The van der Waals surface area contributed by atoms with E-state index in [0.717, 1.165) is 6.07 Å². The van der Waals surface area contributed by atoms with Crippen molar-refractivity contribution in [3.63, 3.8) is 0 Å². The second kappa shape index (κ2) is 12.0. The Hall–Kier alpha value is -4.15. The van der Waals surface area contributed by atoms with E-state index in [2.05, 4.69) is 21.4 Å². The highest BCUT2D eigenvalue weighted by molar-refractivity contribution is 5.87. The van der Waals surface area contributed by atoms with E-state index in [1.165, 1.54) is 23.5 Å². The molecule has 1 aliphatic carbocycles. The van der Waals surface area contributed by atoms with Gasteiger partial charge >= 0.3 is 0 Å². The van der Waals surface area contributed by atoms with Gasteiger partial charge < -0.3 is 16.1 Å². The van der Waals surface area contributed by atoms with Crippen molar-refractivity contribution in [2.24, 2.45) is 17.5 Å². The van der Waals surface area contributed by atoms with Crippen molar-refractivity contribution in [2.45, 2.75) is 69.4 Å². The maximum Gasteiger partial charge on any atom is 0.278 e. The average Bonchev–Trinajstić information content (AvgIpc) is 3.81. The van der Waals surface area contributed by atoms with Crippen LogP contribution in [0.4, 0.5) is 19.0 Å². The lowest BCUT2D eigenvalue weighted by Gasteiger charge is -2.36. The van der Waals surface area contributed by atoms with Crippen LogP contribution in [0.25, 0.3) is 11.0 Å². The molecule has 1 aromatic carbocycles. The zero-order chi connectivity index (χ0) is 31.9. The molecule has 3 aliphatic heterocycles. The molecular weight excluding hydrogens is 583 g/mol. The molecule has 0 amide bonds. The Kier molecular flexibility index (Phi) is 8.22. The van der Waals surface area contributed by atoms with Gasteiger partial charge in [0, 0.05) is 48.6 Å². The Bertz CT molecular complexity index is 1720. The number of hydrogen-bond donors (Lipinski definition) is 3. The first-order valence-electron chi connectivity index (χ1n) is 15.5. The van der Waals surface area contributed by atoms with E-state index in [0.29, 0.717) is 86.5 Å². The van der Waals surface area contributed by atoms with E-state index in [9.17, 15) is 10.1 Å². The monoisotopic (exact) mass is 621 g/mol. The van der Waals surface area contributed by atoms with Crippen LogP contribution in [0.5, 0.6) is 0 Å². The normalized spacial score (nSPS) is 26.2. The SMILES string of the molecule is C[C@H]1Nc2ncnc3c2cc(C2(C#N)CC2)c(=O)n3CCCCN(N)/C=C(\N)CN2CCC(CC2)C(F)(F)c2cccc1c2F. The number of nitrogens with zero attached hydrogens (tertiary/aromatic N) is 6. The van der Waals surface area contributed by atoms with E-state index < -0.39 is 34.7 Å². The second-order valence-corrected chi connectivity index (χ2v) is 12.6. The fraction of sp³-hybridized carbons (Fsp3) is 0.500. The standard InChI is InChI=1S/C32H38F3N9O/c1-20-23-5-4-6-25(27(23)33)32(34,35)21-7-13-42(14-8-21)16-22(37)17-43(38)11-2-3-12-44-29-24(28(41-20)39-19-40-29)15-26(30(44)45)31(18-36)9-10-31/h4-6,15,17,19-21H,2-3,7-14,16,37-38H2,1H3,(H,39,40,41)/b22-17-/t20-/m1/s1. The predicted octanol–water partition coefficient (Wildman–Crippen LogP) is 4.23. The van der Waals surface area contributed by atoms with Crippen molar-refractivity contribution < 1.29 is 13.2 Å². The summed E-state index contributed by atoms with van der Waals surface area (Å²) in [6, 6.07) is 7.31. The van der Waals surface area contributed by atoms with Crippen LogP contribution in [0.2, 0.25) is 0 Å². The quantitative estimate of drug-likeness (QED) is 0.340. The number of alkyl halides is 2. The summed E-state index contributed by atoms with van der Waals surface area (Å²) in [5.41, 5.74) is 5.78. The molecule has 0 spiro atoms. The summed E-state index contributed by atoms with van der Waals surface area (Å²) in [7, 11) is 0. The van der Waals surface area contributed by atoms with E-state index in [1.54, 1.807) is 23.8 Å². The summed E-state index contributed by atoms with van der Waals surface area (Å²) in [4.78, 5) is 24.6. The summed E-state index contributed by atoms with van der Waals surface area (Å²) >= 11 is 0. The molecule has 1 saturated heterocycles. The maximum absolute atomic E-state index is 16.0. The van der Waals surface area contributed by atoms with Crippen molar-refractivity contribution >= 4 is 16.9 Å². The molecule has 1 atom stereocenters. The van der Waals surface area contributed by atoms with Crippen LogP contribution in [-0.2, 0) is 17.9 Å². The molecule has 5 N–H and O–H groups in total. The fourth-order valence-corrected chi connectivity index (χ4v) is 6.65. The molecule has 2 fully saturated rings. The topological polar surface area (TPSA) is 142 Å². The summed E-state index contributed by atoms with van der Waals surface area (Å²) in [5, 5.41) is 15.1. The molecule has 8 bridgehead atoms. The predicted molar refractivity (Wildman–Crippen MR) is 164 cm³/mol. The lowest BCUT2D eigenvalue weighted by atomic mass is 9.85. The third-order valence-electron chi connectivity index (χ3n) is 9.46. The van der Waals surface area contributed by atoms with Crippen molar-refractivity contribution in [3.8, 4) is 6.07 Å². The first-order valence-corrected chi connectivity index (χ1v) is 15.5. The van der Waals surface area contributed by atoms with Crippen molar-refractivity contribution in [3.05, 3.63) is 75.4 Å². The van der Waals surface area contributed by atoms with E-state index in [-0.39, 0.29) is 24.0 Å². The minimum absolute atomic E-state index is 0.0759. The molecule has 4 aliphatic rings. The Morgan fingerprint density at radius 2 is 1.82 bits per heavy atom. The van der Waals surface area contributed by atoms with E-state index in [4.69, 9.17) is 11.6 Å². The summed E-state index contributed by atoms with van der Waals surface area (Å²) in [6.45, 7) is 3.68. The average molecular weight is 622 g/mol. The smallest absolute Gasteiger partial charge is 0.278 e.